The van der Waals surface area contributed by atoms with Crippen LogP contribution in [0, 0.1) is 0 Å². The van der Waals surface area contributed by atoms with Crippen LogP contribution in [0.4, 0.5) is 50.4 Å². The second-order valence-electron chi connectivity index (χ2n) is 0.817. The van der Waals surface area contributed by atoms with E-state index in [4.69, 9.17) is 0 Å². The molecule has 0 saturated carbocycles. The molecule has 0 saturated heterocycles. The molecule has 0 aliphatic carbocycles. The van der Waals surface area contributed by atoms with Crippen molar-refractivity contribution in [2.45, 2.75) is 0 Å². The van der Waals surface area contributed by atoms with Gasteiger partial charge in [-0.3, -0.25) is 0 Å². The first kappa shape index (κ1) is 33.5. The van der Waals surface area contributed by atoms with Crippen molar-refractivity contribution in [3.8, 4) is 0 Å². The van der Waals surface area contributed by atoms with E-state index in [0.29, 0.717) is 10.1 Å². The van der Waals surface area contributed by atoms with Crippen LogP contribution in [0.1, 0.15) is 0 Å². The Morgan fingerprint density at radius 3 is 0.421 bits per heavy atom. The maximum atomic E-state index is 9.73. The fraction of sp³-hybridized carbons (Fsp3) is 0. The van der Waals surface area contributed by atoms with Crippen LogP contribution >= 0.6 is 74.9 Å². The van der Waals surface area contributed by atoms with Gasteiger partial charge in [0.1, 0.15) is 0 Å². The molecule has 19 heavy (non-hydrogen) atoms. The summed E-state index contributed by atoms with van der Waals surface area (Å²) in [4.78, 5) is 0. The predicted molar refractivity (Wildman–Crippen MR) is 69.0 cm³/mol. The van der Waals surface area contributed by atoms with Gasteiger partial charge >= 0.3 is 85.0 Å². The van der Waals surface area contributed by atoms with E-state index in [0.717, 1.165) is 0 Å². The molecule has 0 nitrogen and oxygen atoms in total. The summed E-state index contributed by atoms with van der Waals surface area (Å²) in [6.07, 6.45) is 0. The summed E-state index contributed by atoms with van der Waals surface area (Å²) in [6.45, 7) is 0. The number of rotatable bonds is 0. The molecule has 0 N–H and O–H groups in total. The third-order valence-corrected chi connectivity index (χ3v) is 0. The first-order valence-electron chi connectivity index (χ1n) is 2.30. The molecule has 0 aromatic carbocycles. The van der Waals surface area contributed by atoms with Crippen LogP contribution in [-0.2, 0) is 10.1 Å². The zero-order valence-corrected chi connectivity index (χ0v) is 17.1. The van der Waals surface area contributed by atoms with Crippen LogP contribution in [-0.4, -0.2) is 0 Å². The van der Waals surface area contributed by atoms with Gasteiger partial charge in [0.15, 0.2) is 0 Å². The van der Waals surface area contributed by atoms with Gasteiger partial charge in [0.05, 0.1) is 0 Å². The van der Waals surface area contributed by atoms with Crippen molar-refractivity contribution in [3.63, 3.8) is 0 Å². The molecule has 0 atom stereocenters. The fourth-order valence-electron chi connectivity index (χ4n) is 0. The second-order valence-corrected chi connectivity index (χ2v) is 15.7. The van der Waals surface area contributed by atoms with Crippen molar-refractivity contribution >= 4 is 74.9 Å². The number of hydrogen-bond donors (Lipinski definition) is 0. The van der Waals surface area contributed by atoms with Crippen molar-refractivity contribution in [2.24, 2.45) is 0 Å². The zero-order valence-electron chi connectivity index (χ0n) is 7.43. The maximum absolute atomic E-state index is 9.73. The van der Waals surface area contributed by atoms with E-state index in [9.17, 15) is 50.4 Å². The Morgan fingerprint density at radius 1 is 0.421 bits per heavy atom. The molecule has 0 rings (SSSR count). The summed E-state index contributed by atoms with van der Waals surface area (Å²) in [7, 11) is -15.8. The third-order valence-electron chi connectivity index (χ3n) is 0. The Bertz CT molecular complexity index is 80.9. The summed E-state index contributed by atoms with van der Waals surface area (Å²) < 4.78 is 117. The van der Waals surface area contributed by atoms with Crippen molar-refractivity contribution < 1.29 is 60.5 Å². The Balaban J connectivity index is -0.0000000432. The van der Waals surface area contributed by atoms with Crippen molar-refractivity contribution in [1.29, 1.82) is 0 Å². The topological polar surface area (TPSA) is 0 Å². The Labute approximate surface area is 134 Å². The van der Waals surface area contributed by atoms with Crippen LogP contribution in [0.15, 0.2) is 0 Å². The molecule has 19 heteroatoms. The van der Waals surface area contributed by atoms with Gasteiger partial charge < -0.3 is 0 Å². The summed E-state index contributed by atoms with van der Waals surface area (Å²) in [5.41, 5.74) is 0. The molecule has 126 valence electrons. The summed E-state index contributed by atoms with van der Waals surface area (Å²) >= 11 is 4.73. The molecule has 0 amide bonds. The molecule has 0 aliphatic heterocycles. The molecule has 0 bridgehead atoms. The first-order chi connectivity index (χ1) is 8.34. The minimum absolute atomic E-state index is 0.650. The molecular formula is F12I2P4Ru. The van der Waals surface area contributed by atoms with Gasteiger partial charge in [-0.1, -0.05) is 0 Å². The molecule has 0 heterocycles. The normalized spacial score (nSPS) is 8.74. The summed E-state index contributed by atoms with van der Waals surface area (Å²) in [5.74, 6) is 0. The summed E-state index contributed by atoms with van der Waals surface area (Å²) in [6, 6.07) is 0. The molecule has 0 fully saturated rings. The van der Waals surface area contributed by atoms with Crippen molar-refractivity contribution in [2.75, 3.05) is 0 Å². The molecule has 0 aromatic heterocycles. The quantitative estimate of drug-likeness (QED) is 0.102. The molecule has 0 radical (unpaired) electrons. The van der Waals surface area contributed by atoms with Crippen LogP contribution in [0.2, 0.25) is 0 Å². The average molecular weight is 707 g/mol. The van der Waals surface area contributed by atoms with Crippen molar-refractivity contribution in [1.82, 2.24) is 0 Å². The molecule has 0 unspecified atom stereocenters. The number of hydrogen-bond acceptors (Lipinski definition) is 0. The monoisotopic (exact) mass is 708 g/mol. The van der Waals surface area contributed by atoms with E-state index in [1.54, 1.807) is 0 Å². The van der Waals surface area contributed by atoms with Gasteiger partial charge in [0.25, 0.3) is 0 Å². The van der Waals surface area contributed by atoms with E-state index in [2.05, 4.69) is 39.5 Å². The number of halogens is 14. The van der Waals surface area contributed by atoms with E-state index in [1.807, 2.05) is 0 Å². The van der Waals surface area contributed by atoms with Gasteiger partial charge in [0, 0.05) is 0 Å². The zero-order chi connectivity index (χ0) is 17.0. The van der Waals surface area contributed by atoms with Crippen LogP contribution < -0.4 is 0 Å². The fourth-order valence-corrected chi connectivity index (χ4v) is 0. The van der Waals surface area contributed by atoms with E-state index >= 15 is 0 Å². The van der Waals surface area contributed by atoms with Crippen molar-refractivity contribution in [3.05, 3.63) is 0 Å². The SMILES string of the molecule is FP(F)F.FP(F)F.FP(F)F.FP(F)F.[I][Ru][I]. The molecule has 0 aromatic rings. The molecule has 0 spiro atoms. The van der Waals surface area contributed by atoms with Crippen LogP contribution in [0.3, 0.4) is 0 Å². The van der Waals surface area contributed by atoms with E-state index in [-0.39, 0.29) is 0 Å². The third kappa shape index (κ3) is 858. The molecular weight excluding hydrogens is 707 g/mol. The van der Waals surface area contributed by atoms with Gasteiger partial charge in [-0.05, 0) is 0 Å². The Kier molecular flexibility index (Phi) is 57.9. The van der Waals surface area contributed by atoms with Crippen LogP contribution in [0.5, 0.6) is 0 Å². The summed E-state index contributed by atoms with van der Waals surface area (Å²) in [5, 5.41) is 0. The van der Waals surface area contributed by atoms with Crippen LogP contribution in [0.25, 0.3) is 0 Å². The minimum atomic E-state index is -4.12. The predicted octanol–water partition coefficient (Wildman–Crippen LogP) is 10.3. The van der Waals surface area contributed by atoms with E-state index < -0.39 is 35.4 Å². The second kappa shape index (κ2) is 32.8. The Morgan fingerprint density at radius 2 is 0.421 bits per heavy atom. The van der Waals surface area contributed by atoms with Gasteiger partial charge in [-0.15, -0.1) is 0 Å². The average Bonchev–Trinajstić information content (AvgIpc) is 1.97. The van der Waals surface area contributed by atoms with E-state index in [1.165, 1.54) is 0 Å². The first-order valence-corrected chi connectivity index (χ1v) is 16.7. The standard InChI is InChI=1S/4F3P.2HI.Ru/c4*1-4(2)3;;;/h;;;;2*1H;/q;;;;;;+2/p-2. The van der Waals surface area contributed by atoms with Gasteiger partial charge in [-0.25, -0.2) is 0 Å². The Hall–Kier alpha value is 2.96. The van der Waals surface area contributed by atoms with Gasteiger partial charge in [-0.2, -0.15) is 50.4 Å². The molecule has 0 aliphatic rings. The van der Waals surface area contributed by atoms with Gasteiger partial charge in [0.2, 0.25) is 0 Å².